The maximum Gasteiger partial charge on any atom is 0.242 e. The van der Waals surface area contributed by atoms with E-state index in [2.05, 4.69) is 40.7 Å². The van der Waals surface area contributed by atoms with Gasteiger partial charge in [-0.1, -0.05) is 114 Å². The largest absolute Gasteiger partial charge is 0.379 e. The fourth-order valence-electron chi connectivity index (χ4n) is 5.02. The summed E-state index contributed by atoms with van der Waals surface area (Å²) in [4.78, 5) is 59.5. The number of hydrogen-bond donors (Lipinski definition) is 4. The van der Waals surface area contributed by atoms with Gasteiger partial charge in [0.1, 0.15) is 6.04 Å². The van der Waals surface area contributed by atoms with E-state index in [0.717, 1.165) is 24.8 Å². The summed E-state index contributed by atoms with van der Waals surface area (Å²) in [6.45, 7) is 20.0. The van der Waals surface area contributed by atoms with Gasteiger partial charge in [0.05, 0.1) is 17.6 Å². The average Bonchev–Trinajstić information content (AvgIpc) is 3.86. The molecule has 292 valence electrons. The molecule has 2 aromatic carbocycles. The van der Waals surface area contributed by atoms with Gasteiger partial charge in [-0.05, 0) is 77.2 Å². The first-order chi connectivity index (χ1) is 24.4. The minimum Gasteiger partial charge on any atom is -0.379 e. The summed E-state index contributed by atoms with van der Waals surface area (Å²) >= 11 is 0. The topological polar surface area (TPSA) is 157 Å². The summed E-state index contributed by atoms with van der Waals surface area (Å²) in [5.74, 6) is -0.684. The molecular weight excluding hydrogens is 656 g/mol. The van der Waals surface area contributed by atoms with Crippen molar-refractivity contribution in [1.82, 2.24) is 16.0 Å². The second kappa shape index (κ2) is 25.0. The Morgan fingerprint density at radius 1 is 0.904 bits per heavy atom. The molecule has 1 aliphatic carbocycles. The zero-order valence-corrected chi connectivity index (χ0v) is 33.7. The molecule has 5 N–H and O–H groups in total. The van der Waals surface area contributed by atoms with Crippen molar-refractivity contribution in [3.8, 4) is 0 Å². The van der Waals surface area contributed by atoms with Gasteiger partial charge < -0.3 is 26.4 Å². The highest BCUT2D eigenvalue weighted by atomic mass is 16.5. The maximum absolute atomic E-state index is 13.3. The Kier molecular flexibility index (Phi) is 23.1. The highest BCUT2D eigenvalue weighted by Gasteiger charge is 2.49. The first-order valence-corrected chi connectivity index (χ1v) is 18.5. The molecule has 0 saturated heterocycles. The second-order valence-corrected chi connectivity index (χ2v) is 15.3. The molecule has 10 heteroatoms. The molecule has 4 amide bonds. The van der Waals surface area contributed by atoms with E-state index in [-0.39, 0.29) is 46.9 Å². The van der Waals surface area contributed by atoms with Crippen LogP contribution in [0, 0.1) is 30.1 Å². The molecule has 0 aromatic heterocycles. The van der Waals surface area contributed by atoms with Gasteiger partial charge in [-0.2, -0.15) is 0 Å². The highest BCUT2D eigenvalue weighted by Crippen LogP contribution is 2.47. The number of rotatable bonds is 16. The summed E-state index contributed by atoms with van der Waals surface area (Å²) < 4.78 is 4.94. The van der Waals surface area contributed by atoms with Crippen molar-refractivity contribution in [3.05, 3.63) is 71.8 Å². The predicted octanol–water partition coefficient (Wildman–Crippen LogP) is 6.33. The number of benzene rings is 2. The number of primary amides is 1. The van der Waals surface area contributed by atoms with Crippen LogP contribution in [0.5, 0.6) is 0 Å². The normalized spacial score (nSPS) is 15.5. The number of nitrogens with one attached hydrogen (secondary N) is 3. The lowest BCUT2D eigenvalue weighted by Crippen LogP contribution is -2.55. The monoisotopic (exact) mass is 725 g/mol. The molecule has 2 aromatic rings. The van der Waals surface area contributed by atoms with Gasteiger partial charge in [0, 0.05) is 18.6 Å². The molecule has 4 unspecified atom stereocenters. The third kappa shape index (κ3) is 20.1. The zero-order valence-electron chi connectivity index (χ0n) is 33.7. The lowest BCUT2D eigenvalue weighted by molar-refractivity contribution is -0.134. The first kappa shape index (κ1) is 48.0. The standard InChI is InChI=1S/C29H45N3O4.C7H8.C5H12O.CH3NO/c1-7-20(4)25(26(34)29(6)15-16-29)32-27(35)21(5)24(17-19(2)3)31-28(36)23(30-18-33)14-13-22-11-9-8-10-12-22;1-7-5-3-2-4-6-7;1-5(2,3)6-4;2-1-3/h8-12,18-21,23-25H,7,13-17H2,1-6H3,(H,30,33)(H,31,36)(H,32,35);2-6H,1H3;1-4H3;1H,(H2,2,3)/t20?,21?,23-,24?,25?;;;/m0.../s1. The fraction of sp³-hybridized carbons (Fsp3) is 0.595. The van der Waals surface area contributed by atoms with Crippen LogP contribution in [0.15, 0.2) is 60.7 Å². The van der Waals surface area contributed by atoms with Crippen LogP contribution >= 0.6 is 0 Å². The number of ether oxygens (including phenoxy) is 1. The minimum atomic E-state index is -0.697. The molecule has 0 aliphatic heterocycles. The van der Waals surface area contributed by atoms with Gasteiger partial charge in [-0.15, -0.1) is 0 Å². The maximum atomic E-state index is 13.3. The molecular formula is C42H68N4O6. The molecule has 0 bridgehead atoms. The molecule has 5 atom stereocenters. The predicted molar refractivity (Wildman–Crippen MR) is 210 cm³/mol. The molecule has 0 radical (unpaired) electrons. The quantitative estimate of drug-likeness (QED) is 0.148. The number of amides is 4. The molecule has 52 heavy (non-hydrogen) atoms. The van der Waals surface area contributed by atoms with E-state index in [0.29, 0.717) is 25.7 Å². The van der Waals surface area contributed by atoms with E-state index in [1.807, 2.05) is 104 Å². The molecule has 1 fully saturated rings. The van der Waals surface area contributed by atoms with E-state index in [1.54, 1.807) is 14.0 Å². The van der Waals surface area contributed by atoms with Crippen LogP contribution in [0.2, 0.25) is 0 Å². The van der Waals surface area contributed by atoms with Crippen molar-refractivity contribution >= 4 is 30.4 Å². The van der Waals surface area contributed by atoms with Gasteiger partial charge in [-0.25, -0.2) is 0 Å². The second-order valence-electron chi connectivity index (χ2n) is 15.3. The van der Waals surface area contributed by atoms with E-state index < -0.39 is 24.0 Å². The van der Waals surface area contributed by atoms with Gasteiger partial charge in [-0.3, -0.25) is 24.0 Å². The number of nitrogens with two attached hydrogens (primary N) is 1. The van der Waals surface area contributed by atoms with E-state index in [1.165, 1.54) is 5.56 Å². The Balaban J connectivity index is 0.00000133. The SMILES string of the molecule is CCC(C)C(NC(=O)C(C)C(CC(C)C)NC(=O)[C@H](CCc1ccccc1)NC=O)C(=O)C1(C)CC1.COC(C)(C)C.Cc1ccccc1.NC=O. The first-order valence-electron chi connectivity index (χ1n) is 18.5. The van der Waals surface area contributed by atoms with Crippen LogP contribution in [-0.2, 0) is 35.1 Å². The fourth-order valence-corrected chi connectivity index (χ4v) is 5.02. The Bertz CT molecular complexity index is 1310. The van der Waals surface area contributed by atoms with Gasteiger partial charge in [0.15, 0.2) is 5.78 Å². The van der Waals surface area contributed by atoms with Gasteiger partial charge in [0.25, 0.3) is 0 Å². The number of methoxy groups -OCH3 is 1. The number of carbonyl (C=O) groups is 5. The van der Waals surface area contributed by atoms with E-state index in [9.17, 15) is 19.2 Å². The number of carbonyl (C=O) groups excluding carboxylic acids is 5. The van der Waals surface area contributed by atoms with Crippen molar-refractivity contribution in [3.63, 3.8) is 0 Å². The van der Waals surface area contributed by atoms with Crippen LogP contribution < -0.4 is 21.7 Å². The molecule has 0 heterocycles. The van der Waals surface area contributed by atoms with Gasteiger partial charge >= 0.3 is 0 Å². The summed E-state index contributed by atoms with van der Waals surface area (Å²) in [5.41, 5.74) is 6.28. The van der Waals surface area contributed by atoms with Crippen LogP contribution in [0.3, 0.4) is 0 Å². The molecule has 3 rings (SSSR count). The summed E-state index contributed by atoms with van der Waals surface area (Å²) in [5, 5.41) is 8.70. The molecule has 10 nitrogen and oxygen atoms in total. The molecule has 1 saturated carbocycles. The lowest BCUT2D eigenvalue weighted by atomic mass is 9.86. The van der Waals surface area contributed by atoms with Crippen LogP contribution in [0.1, 0.15) is 106 Å². The van der Waals surface area contributed by atoms with Crippen molar-refractivity contribution < 1.29 is 28.7 Å². The Labute approximate surface area is 313 Å². The smallest absolute Gasteiger partial charge is 0.242 e. The summed E-state index contributed by atoms with van der Waals surface area (Å²) in [6.07, 6.45) is 5.01. The average molecular weight is 725 g/mol. The molecule has 0 spiro atoms. The number of hydrogen-bond acceptors (Lipinski definition) is 6. The summed E-state index contributed by atoms with van der Waals surface area (Å²) in [6, 6.07) is 18.4. The number of ketones is 1. The number of Topliss-reactive ketones (excluding diaryl/α,β-unsaturated/α-hetero) is 1. The third-order valence-corrected chi connectivity index (χ3v) is 9.16. The van der Waals surface area contributed by atoms with Crippen LogP contribution in [-0.4, -0.2) is 61.3 Å². The molecule has 1 aliphatic rings. The van der Waals surface area contributed by atoms with Crippen molar-refractivity contribution in [2.75, 3.05) is 7.11 Å². The van der Waals surface area contributed by atoms with Crippen molar-refractivity contribution in [1.29, 1.82) is 0 Å². The van der Waals surface area contributed by atoms with Crippen molar-refractivity contribution in [2.45, 2.75) is 131 Å². The highest BCUT2D eigenvalue weighted by molar-refractivity contribution is 5.95. The third-order valence-electron chi connectivity index (χ3n) is 9.16. The van der Waals surface area contributed by atoms with Crippen molar-refractivity contribution in [2.24, 2.45) is 28.9 Å². The van der Waals surface area contributed by atoms with E-state index in [4.69, 9.17) is 9.53 Å². The van der Waals surface area contributed by atoms with Gasteiger partial charge in [0.2, 0.25) is 24.6 Å². The Morgan fingerprint density at radius 2 is 1.40 bits per heavy atom. The van der Waals surface area contributed by atoms with Crippen LogP contribution in [0.25, 0.3) is 0 Å². The number of aryl methyl sites for hydroxylation is 2. The lowest BCUT2D eigenvalue weighted by Gasteiger charge is -2.31. The summed E-state index contributed by atoms with van der Waals surface area (Å²) in [7, 11) is 1.71. The zero-order chi connectivity index (χ0) is 39.9. The minimum absolute atomic E-state index is 0.0309. The Hall–Kier alpha value is -4.05. The van der Waals surface area contributed by atoms with E-state index >= 15 is 0 Å². The van der Waals surface area contributed by atoms with Crippen LogP contribution in [0.4, 0.5) is 0 Å². The Morgan fingerprint density at radius 3 is 1.79 bits per heavy atom.